The number of H-pyrrole nitrogens is 1. The molecular weight excluding hydrogens is 386 g/mol. The first-order chi connectivity index (χ1) is 14.5. The smallest absolute Gasteiger partial charge is 0.279 e. The van der Waals surface area contributed by atoms with Gasteiger partial charge in [0.2, 0.25) is 5.95 Å². The van der Waals surface area contributed by atoms with Crippen molar-refractivity contribution >= 4 is 17.5 Å². The lowest BCUT2D eigenvalue weighted by atomic mass is 10.1. The molecule has 160 valence electrons. The van der Waals surface area contributed by atoms with Gasteiger partial charge in [-0.25, -0.2) is 4.98 Å². The first kappa shape index (κ1) is 20.2. The molecule has 2 aromatic rings. The second-order valence-corrected chi connectivity index (χ2v) is 7.88. The van der Waals surface area contributed by atoms with Crippen LogP contribution in [0.5, 0.6) is 11.5 Å². The number of hydrogen-bond acceptors (Lipinski definition) is 6. The number of aromatic nitrogens is 2. The van der Waals surface area contributed by atoms with Gasteiger partial charge in [0.15, 0.2) is 18.0 Å². The summed E-state index contributed by atoms with van der Waals surface area (Å²) < 4.78 is 11.1. The maximum atomic E-state index is 12.5. The number of ether oxygens (including phenoxy) is 2. The Balaban J connectivity index is 1.25. The molecule has 0 saturated carbocycles. The Hall–Kier alpha value is -3.07. The van der Waals surface area contributed by atoms with Gasteiger partial charge in [0.05, 0.1) is 13.1 Å². The standard InChI is InChI=1S/C21H27N5O4/c1-13-14(2)22-21(25-20(13)28)24-15-5-7-26(8-6-15)12-19(27)23-16-3-4-17-18(11-16)30-10-9-29-17/h3-4,11,15H,5-10,12H2,1-2H3,(H,23,27)(H2,22,24,25,28)/p+1. The monoisotopic (exact) mass is 414 g/mol. The number of nitrogens with one attached hydrogen (secondary N) is 4. The summed E-state index contributed by atoms with van der Waals surface area (Å²) >= 11 is 0. The van der Waals surface area contributed by atoms with Gasteiger partial charge in [0.25, 0.3) is 11.5 Å². The molecule has 1 saturated heterocycles. The van der Waals surface area contributed by atoms with Crippen LogP contribution in [0, 0.1) is 13.8 Å². The molecule has 0 atom stereocenters. The van der Waals surface area contributed by atoms with Gasteiger partial charge in [-0.1, -0.05) is 0 Å². The molecular formula is C21H28N5O4+. The quantitative estimate of drug-likeness (QED) is 0.559. The molecule has 1 amide bonds. The third kappa shape index (κ3) is 4.73. The number of hydrogen-bond donors (Lipinski definition) is 4. The van der Waals surface area contributed by atoms with Crippen molar-refractivity contribution in [2.75, 3.05) is 43.5 Å². The van der Waals surface area contributed by atoms with E-state index < -0.39 is 0 Å². The molecule has 0 spiro atoms. The van der Waals surface area contributed by atoms with Crippen molar-refractivity contribution in [3.05, 3.63) is 39.8 Å². The van der Waals surface area contributed by atoms with E-state index in [0.717, 1.165) is 31.6 Å². The van der Waals surface area contributed by atoms with Crippen LogP contribution >= 0.6 is 0 Å². The highest BCUT2D eigenvalue weighted by atomic mass is 16.6. The van der Waals surface area contributed by atoms with Crippen LogP contribution in [0.3, 0.4) is 0 Å². The molecule has 4 rings (SSSR count). The maximum absolute atomic E-state index is 12.5. The second kappa shape index (κ2) is 8.74. The average molecular weight is 414 g/mol. The van der Waals surface area contributed by atoms with Crippen LogP contribution in [0.1, 0.15) is 24.1 Å². The number of rotatable bonds is 5. The number of likely N-dealkylation sites (tertiary alicyclic amines) is 1. The number of piperidine rings is 1. The van der Waals surface area contributed by atoms with Crippen molar-refractivity contribution in [2.24, 2.45) is 0 Å². The molecule has 4 N–H and O–H groups in total. The number of aromatic amines is 1. The van der Waals surface area contributed by atoms with E-state index in [0.29, 0.717) is 48.5 Å². The number of amides is 1. The summed E-state index contributed by atoms with van der Waals surface area (Å²) in [5.74, 6) is 1.87. The van der Waals surface area contributed by atoms with Crippen LogP contribution in [0.25, 0.3) is 0 Å². The number of aryl methyl sites for hydroxylation is 1. The number of quaternary nitrogens is 1. The Morgan fingerprint density at radius 1 is 1.20 bits per heavy atom. The topological polar surface area (TPSA) is 110 Å². The second-order valence-electron chi connectivity index (χ2n) is 7.88. The first-order valence-electron chi connectivity index (χ1n) is 10.3. The van der Waals surface area contributed by atoms with Gasteiger partial charge in [-0.3, -0.25) is 14.6 Å². The van der Waals surface area contributed by atoms with Crippen molar-refractivity contribution in [3.63, 3.8) is 0 Å². The van der Waals surface area contributed by atoms with Gasteiger partial charge in [-0.2, -0.15) is 0 Å². The van der Waals surface area contributed by atoms with E-state index in [1.807, 2.05) is 19.1 Å². The molecule has 0 aliphatic carbocycles. The molecule has 2 aliphatic heterocycles. The van der Waals surface area contributed by atoms with Gasteiger partial charge in [0.1, 0.15) is 13.2 Å². The SMILES string of the molecule is Cc1nc(NC2CC[NH+](CC(=O)Nc3ccc4c(c3)OCCO4)CC2)[nH]c(=O)c1C. The summed E-state index contributed by atoms with van der Waals surface area (Å²) in [7, 11) is 0. The van der Waals surface area contributed by atoms with Gasteiger partial charge in [-0.15, -0.1) is 0 Å². The fourth-order valence-electron chi connectivity index (χ4n) is 3.81. The van der Waals surface area contributed by atoms with Gasteiger partial charge >= 0.3 is 0 Å². The molecule has 1 fully saturated rings. The van der Waals surface area contributed by atoms with E-state index in [1.165, 1.54) is 4.90 Å². The minimum Gasteiger partial charge on any atom is -0.486 e. The third-order valence-corrected chi connectivity index (χ3v) is 5.66. The number of carbonyl (C=O) groups is 1. The van der Waals surface area contributed by atoms with Crippen molar-refractivity contribution < 1.29 is 19.2 Å². The molecule has 30 heavy (non-hydrogen) atoms. The molecule has 1 aromatic heterocycles. The van der Waals surface area contributed by atoms with Crippen LogP contribution < -0.4 is 30.6 Å². The summed E-state index contributed by atoms with van der Waals surface area (Å²) in [6.45, 7) is 6.83. The Kier molecular flexibility index (Phi) is 5.89. The number of benzene rings is 1. The molecule has 0 bridgehead atoms. The Morgan fingerprint density at radius 3 is 2.67 bits per heavy atom. The number of nitrogens with zero attached hydrogens (tertiary/aromatic N) is 1. The fraction of sp³-hybridized carbons (Fsp3) is 0.476. The minimum absolute atomic E-state index is 0.0201. The maximum Gasteiger partial charge on any atom is 0.279 e. The zero-order valence-corrected chi connectivity index (χ0v) is 17.3. The summed E-state index contributed by atoms with van der Waals surface area (Å²) in [5.41, 5.74) is 1.98. The zero-order valence-electron chi connectivity index (χ0n) is 17.3. The largest absolute Gasteiger partial charge is 0.486 e. The first-order valence-corrected chi connectivity index (χ1v) is 10.3. The molecule has 9 nitrogen and oxygen atoms in total. The highest BCUT2D eigenvalue weighted by Crippen LogP contribution is 2.32. The molecule has 3 heterocycles. The molecule has 0 radical (unpaired) electrons. The van der Waals surface area contributed by atoms with Gasteiger partial charge in [-0.05, 0) is 26.0 Å². The van der Waals surface area contributed by atoms with Crippen molar-refractivity contribution in [2.45, 2.75) is 32.7 Å². The Bertz CT molecular complexity index is 982. The van der Waals surface area contributed by atoms with Crippen molar-refractivity contribution in [1.29, 1.82) is 0 Å². The van der Waals surface area contributed by atoms with E-state index in [1.54, 1.807) is 13.0 Å². The lowest BCUT2D eigenvalue weighted by molar-refractivity contribution is -0.896. The summed E-state index contributed by atoms with van der Waals surface area (Å²) in [5, 5.41) is 6.27. The molecule has 2 aliphatic rings. The van der Waals surface area contributed by atoms with Crippen LogP contribution in [-0.4, -0.2) is 54.8 Å². The Labute approximate surface area is 174 Å². The summed E-state index contributed by atoms with van der Waals surface area (Å²) in [6.07, 6.45) is 1.81. The van der Waals surface area contributed by atoms with E-state index in [4.69, 9.17) is 9.47 Å². The van der Waals surface area contributed by atoms with Crippen LogP contribution in [0.15, 0.2) is 23.0 Å². The lowest BCUT2D eigenvalue weighted by Crippen LogP contribution is -3.14. The van der Waals surface area contributed by atoms with Crippen LogP contribution in [0.4, 0.5) is 11.6 Å². The summed E-state index contributed by atoms with van der Waals surface area (Å²) in [4.78, 5) is 32.8. The minimum atomic E-state index is -0.108. The predicted molar refractivity (Wildman–Crippen MR) is 113 cm³/mol. The normalized spacial score (nSPS) is 20.5. The number of anilines is 2. The van der Waals surface area contributed by atoms with Crippen molar-refractivity contribution in [3.8, 4) is 11.5 Å². The van der Waals surface area contributed by atoms with E-state index in [-0.39, 0.29) is 17.5 Å². The van der Waals surface area contributed by atoms with Crippen LogP contribution in [0.2, 0.25) is 0 Å². The number of carbonyl (C=O) groups excluding carboxylic acids is 1. The van der Waals surface area contributed by atoms with E-state index in [2.05, 4.69) is 20.6 Å². The van der Waals surface area contributed by atoms with Gasteiger partial charge in [0, 0.05) is 41.9 Å². The molecule has 1 aromatic carbocycles. The average Bonchev–Trinajstić information content (AvgIpc) is 2.73. The zero-order chi connectivity index (χ0) is 21.1. The highest BCUT2D eigenvalue weighted by Gasteiger charge is 2.25. The molecule has 0 unspecified atom stereocenters. The van der Waals surface area contributed by atoms with Gasteiger partial charge < -0.3 is 25.0 Å². The number of fused-ring (bicyclic) bond motifs is 1. The Morgan fingerprint density at radius 2 is 1.93 bits per heavy atom. The third-order valence-electron chi connectivity index (χ3n) is 5.66. The highest BCUT2D eigenvalue weighted by molar-refractivity contribution is 5.91. The summed E-state index contributed by atoms with van der Waals surface area (Å²) in [6, 6.07) is 5.68. The van der Waals surface area contributed by atoms with Crippen molar-refractivity contribution in [1.82, 2.24) is 9.97 Å². The van der Waals surface area contributed by atoms with Crippen LogP contribution in [-0.2, 0) is 4.79 Å². The molecule has 9 heteroatoms. The van der Waals surface area contributed by atoms with E-state index in [9.17, 15) is 9.59 Å². The predicted octanol–water partition coefficient (Wildman–Crippen LogP) is 0.256. The fourth-order valence-corrected chi connectivity index (χ4v) is 3.81. The lowest BCUT2D eigenvalue weighted by Gasteiger charge is -2.29. The van der Waals surface area contributed by atoms with E-state index >= 15 is 0 Å².